The van der Waals surface area contributed by atoms with Crippen LogP contribution in [0.2, 0.25) is 0 Å². The van der Waals surface area contributed by atoms with Crippen molar-refractivity contribution in [2.75, 3.05) is 52.9 Å². The highest BCUT2D eigenvalue weighted by molar-refractivity contribution is 5.76. The Morgan fingerprint density at radius 1 is 0.958 bits per heavy atom. The van der Waals surface area contributed by atoms with Crippen LogP contribution in [0.25, 0.3) is 0 Å². The normalized spacial score (nSPS) is 21.0. The molecule has 2 aliphatic heterocycles. The first-order chi connectivity index (χ1) is 11.3. The largest absolute Gasteiger partial charge is 0.453 e. The quantitative estimate of drug-likeness (QED) is 0.790. The minimum absolute atomic E-state index is 0.0627. The molecule has 2 heterocycles. The van der Waals surface area contributed by atoms with Crippen molar-refractivity contribution in [3.05, 3.63) is 0 Å². The summed E-state index contributed by atoms with van der Waals surface area (Å²) >= 11 is 0. The smallest absolute Gasteiger partial charge is 0.409 e. The molecule has 6 nitrogen and oxygen atoms in total. The topological polar surface area (TPSA) is 53.1 Å². The number of ether oxygens (including phenoxy) is 1. The molecule has 6 heteroatoms. The summed E-state index contributed by atoms with van der Waals surface area (Å²) < 4.78 is 4.77. The van der Waals surface area contributed by atoms with Gasteiger partial charge in [0.15, 0.2) is 0 Å². The van der Waals surface area contributed by atoms with Crippen LogP contribution in [-0.2, 0) is 9.53 Å². The number of carbonyl (C=O) groups is 2. The number of rotatable bonds is 3. The van der Waals surface area contributed by atoms with Crippen molar-refractivity contribution in [1.82, 2.24) is 14.7 Å². The van der Waals surface area contributed by atoms with Gasteiger partial charge < -0.3 is 14.5 Å². The standard InChI is InChI=1S/C18H33N3O3/c1-18(2,3)13-16(22)20-7-5-15(6-8-20)14-19-9-11-21(12-10-19)17(23)24-4/h15H,5-14H2,1-4H3. The molecule has 0 N–H and O–H groups in total. The van der Waals surface area contributed by atoms with Crippen LogP contribution in [0.1, 0.15) is 40.0 Å². The summed E-state index contributed by atoms with van der Waals surface area (Å²) in [5.74, 6) is 0.959. The number of hydrogen-bond acceptors (Lipinski definition) is 4. The van der Waals surface area contributed by atoms with Crippen molar-refractivity contribution < 1.29 is 14.3 Å². The minimum atomic E-state index is -0.222. The van der Waals surface area contributed by atoms with Crippen molar-refractivity contribution in [3.8, 4) is 0 Å². The van der Waals surface area contributed by atoms with Gasteiger partial charge in [-0.05, 0) is 24.2 Å². The Morgan fingerprint density at radius 3 is 2.04 bits per heavy atom. The fraction of sp³-hybridized carbons (Fsp3) is 0.889. The monoisotopic (exact) mass is 339 g/mol. The molecule has 2 aliphatic rings. The Labute approximate surface area is 146 Å². The molecular formula is C18H33N3O3. The van der Waals surface area contributed by atoms with E-state index in [1.807, 2.05) is 4.90 Å². The second-order valence-corrected chi connectivity index (χ2v) is 8.32. The molecule has 0 aromatic carbocycles. The molecule has 0 saturated carbocycles. The third-order valence-electron chi connectivity index (χ3n) is 4.97. The molecule has 2 fully saturated rings. The van der Waals surface area contributed by atoms with Crippen molar-refractivity contribution in [1.29, 1.82) is 0 Å². The maximum absolute atomic E-state index is 12.3. The van der Waals surface area contributed by atoms with Crippen LogP contribution < -0.4 is 0 Å². The van der Waals surface area contributed by atoms with E-state index in [9.17, 15) is 9.59 Å². The third-order valence-corrected chi connectivity index (χ3v) is 4.97. The van der Waals surface area contributed by atoms with E-state index < -0.39 is 0 Å². The van der Waals surface area contributed by atoms with Crippen LogP contribution in [0.4, 0.5) is 4.79 Å². The lowest BCUT2D eigenvalue weighted by atomic mass is 9.90. The minimum Gasteiger partial charge on any atom is -0.453 e. The van der Waals surface area contributed by atoms with Crippen molar-refractivity contribution in [2.24, 2.45) is 11.3 Å². The molecule has 0 atom stereocenters. The number of likely N-dealkylation sites (tertiary alicyclic amines) is 1. The Kier molecular flexibility index (Phi) is 6.49. The predicted molar refractivity (Wildman–Crippen MR) is 93.8 cm³/mol. The van der Waals surface area contributed by atoms with Crippen molar-refractivity contribution in [2.45, 2.75) is 40.0 Å². The van der Waals surface area contributed by atoms with Gasteiger partial charge in [0.25, 0.3) is 0 Å². The maximum atomic E-state index is 12.3. The highest BCUT2D eigenvalue weighted by Gasteiger charge is 2.28. The van der Waals surface area contributed by atoms with E-state index in [0.717, 1.165) is 58.7 Å². The SMILES string of the molecule is COC(=O)N1CCN(CC2CCN(C(=O)CC(C)(C)C)CC2)CC1. The first-order valence-electron chi connectivity index (χ1n) is 9.11. The number of piperidine rings is 1. The van der Waals surface area contributed by atoms with Gasteiger partial charge in [0, 0.05) is 52.2 Å². The molecule has 24 heavy (non-hydrogen) atoms. The van der Waals surface area contributed by atoms with Gasteiger partial charge in [0.2, 0.25) is 5.91 Å². The molecule has 0 aromatic rings. The van der Waals surface area contributed by atoms with E-state index in [2.05, 4.69) is 25.7 Å². The molecule has 0 aliphatic carbocycles. The first-order valence-corrected chi connectivity index (χ1v) is 9.11. The highest BCUT2D eigenvalue weighted by Crippen LogP contribution is 2.24. The van der Waals surface area contributed by atoms with Crippen LogP contribution in [-0.4, -0.2) is 79.6 Å². The van der Waals surface area contributed by atoms with Gasteiger partial charge in [0.1, 0.15) is 0 Å². The molecule has 0 spiro atoms. The number of amides is 2. The zero-order chi connectivity index (χ0) is 17.7. The summed E-state index contributed by atoms with van der Waals surface area (Å²) in [6.07, 6.45) is 2.59. The van der Waals surface area contributed by atoms with Crippen LogP contribution in [0.5, 0.6) is 0 Å². The summed E-state index contributed by atoms with van der Waals surface area (Å²) in [5.41, 5.74) is 0.0627. The zero-order valence-corrected chi connectivity index (χ0v) is 15.7. The average molecular weight is 339 g/mol. The lowest BCUT2D eigenvalue weighted by Gasteiger charge is -2.38. The van der Waals surface area contributed by atoms with Gasteiger partial charge in [-0.3, -0.25) is 9.69 Å². The van der Waals surface area contributed by atoms with Gasteiger partial charge in [-0.2, -0.15) is 0 Å². The maximum Gasteiger partial charge on any atom is 0.409 e. The third kappa shape index (κ3) is 5.65. The molecule has 138 valence electrons. The Balaban J connectivity index is 1.69. The molecule has 2 amide bonds. The van der Waals surface area contributed by atoms with E-state index in [4.69, 9.17) is 4.74 Å². The van der Waals surface area contributed by atoms with E-state index in [0.29, 0.717) is 18.2 Å². The fourth-order valence-corrected chi connectivity index (χ4v) is 3.54. The summed E-state index contributed by atoms with van der Waals surface area (Å²) in [6.45, 7) is 12.5. The van der Waals surface area contributed by atoms with E-state index >= 15 is 0 Å². The van der Waals surface area contributed by atoms with E-state index in [1.54, 1.807) is 4.90 Å². The van der Waals surface area contributed by atoms with Gasteiger partial charge in [-0.25, -0.2) is 4.79 Å². The Morgan fingerprint density at radius 2 is 1.54 bits per heavy atom. The molecule has 0 aromatic heterocycles. The number of piperazine rings is 1. The first kappa shape index (κ1) is 19.0. The van der Waals surface area contributed by atoms with E-state index in [1.165, 1.54) is 7.11 Å². The van der Waals surface area contributed by atoms with Crippen LogP contribution in [0, 0.1) is 11.3 Å². The predicted octanol–water partition coefficient (Wildman–Crippen LogP) is 2.05. The second-order valence-electron chi connectivity index (χ2n) is 8.32. The van der Waals surface area contributed by atoms with Crippen molar-refractivity contribution >= 4 is 12.0 Å². The zero-order valence-electron chi connectivity index (χ0n) is 15.7. The van der Waals surface area contributed by atoms with Gasteiger partial charge in [-0.1, -0.05) is 20.8 Å². The van der Waals surface area contributed by atoms with Crippen LogP contribution >= 0.6 is 0 Å². The summed E-state index contributed by atoms with van der Waals surface area (Å²) in [7, 11) is 1.43. The van der Waals surface area contributed by atoms with Gasteiger partial charge in [-0.15, -0.1) is 0 Å². The molecule has 0 radical (unpaired) electrons. The lowest BCUT2D eigenvalue weighted by Crippen LogP contribution is -2.50. The van der Waals surface area contributed by atoms with Crippen LogP contribution in [0.3, 0.4) is 0 Å². The molecular weight excluding hydrogens is 306 g/mol. The molecule has 0 unspecified atom stereocenters. The second kappa shape index (κ2) is 8.19. The Hall–Kier alpha value is -1.30. The molecule has 0 bridgehead atoms. The van der Waals surface area contributed by atoms with E-state index in [-0.39, 0.29) is 11.5 Å². The number of hydrogen-bond donors (Lipinski definition) is 0. The average Bonchev–Trinajstić information content (AvgIpc) is 2.54. The molecule has 2 saturated heterocycles. The summed E-state index contributed by atoms with van der Waals surface area (Å²) in [6, 6.07) is 0. The number of carbonyl (C=O) groups excluding carboxylic acids is 2. The fourth-order valence-electron chi connectivity index (χ4n) is 3.54. The van der Waals surface area contributed by atoms with Gasteiger partial charge in [0.05, 0.1) is 7.11 Å². The number of methoxy groups -OCH3 is 1. The Bertz CT molecular complexity index is 431. The summed E-state index contributed by atoms with van der Waals surface area (Å²) in [5, 5.41) is 0. The number of nitrogens with zero attached hydrogens (tertiary/aromatic N) is 3. The van der Waals surface area contributed by atoms with Gasteiger partial charge >= 0.3 is 6.09 Å². The van der Waals surface area contributed by atoms with Crippen LogP contribution in [0.15, 0.2) is 0 Å². The lowest BCUT2D eigenvalue weighted by molar-refractivity contribution is -0.134. The summed E-state index contributed by atoms with van der Waals surface area (Å²) in [4.78, 5) is 30.1. The van der Waals surface area contributed by atoms with Crippen molar-refractivity contribution in [3.63, 3.8) is 0 Å². The molecule has 2 rings (SSSR count). The highest BCUT2D eigenvalue weighted by atomic mass is 16.5.